The van der Waals surface area contributed by atoms with Crippen LogP contribution in [-0.4, -0.2) is 25.7 Å². The molecule has 0 amide bonds. The number of carboxylic acids is 1. The van der Waals surface area contributed by atoms with E-state index < -0.39 is 5.97 Å². The molecule has 0 aromatic carbocycles. The third-order valence-electron chi connectivity index (χ3n) is 4.26. The number of nitrogens with zero attached hydrogens (tertiary/aromatic N) is 2. The van der Waals surface area contributed by atoms with E-state index in [1.165, 1.54) is 6.20 Å². The van der Waals surface area contributed by atoms with Crippen LogP contribution < -0.4 is 0 Å². The lowest BCUT2D eigenvalue weighted by Crippen LogP contribution is -2.23. The van der Waals surface area contributed by atoms with Crippen molar-refractivity contribution in [2.75, 3.05) is 0 Å². The van der Waals surface area contributed by atoms with Crippen molar-refractivity contribution in [2.24, 2.45) is 11.8 Å². The molecule has 1 aliphatic rings. The predicted molar refractivity (Wildman–Crippen MR) is 74.5 cm³/mol. The number of carbonyl (C=O) groups is 1. The smallest absolute Gasteiger partial charge is 0.306 e. The van der Waals surface area contributed by atoms with E-state index in [0.29, 0.717) is 5.92 Å². The molecule has 0 saturated heterocycles. The summed E-state index contributed by atoms with van der Waals surface area (Å²) in [6.45, 7) is 0.862. The van der Waals surface area contributed by atoms with Gasteiger partial charge in [0.25, 0.3) is 0 Å². The highest BCUT2D eigenvalue weighted by Crippen LogP contribution is 2.31. The minimum atomic E-state index is -0.663. The maximum Gasteiger partial charge on any atom is 0.306 e. The van der Waals surface area contributed by atoms with E-state index in [-0.39, 0.29) is 11.7 Å². The van der Waals surface area contributed by atoms with Crippen LogP contribution in [0.5, 0.6) is 5.75 Å². The predicted octanol–water partition coefficient (Wildman–Crippen LogP) is 2.63. The average molecular weight is 274 g/mol. The second-order valence-electron chi connectivity index (χ2n) is 5.62. The van der Waals surface area contributed by atoms with Gasteiger partial charge in [0.1, 0.15) is 5.75 Å². The zero-order valence-electron chi connectivity index (χ0n) is 11.2. The molecule has 5 heteroatoms. The molecule has 0 radical (unpaired) electrons. The molecule has 0 unspecified atom stereocenters. The van der Waals surface area contributed by atoms with Gasteiger partial charge in [-0.15, -0.1) is 0 Å². The number of hydrogen-bond donors (Lipinski definition) is 2. The fourth-order valence-corrected chi connectivity index (χ4v) is 3.08. The summed E-state index contributed by atoms with van der Waals surface area (Å²) in [6.07, 6.45) is 6.86. The van der Waals surface area contributed by atoms with Gasteiger partial charge in [0.15, 0.2) is 0 Å². The Balaban J connectivity index is 1.71. The lowest BCUT2D eigenvalue weighted by molar-refractivity contribution is -0.143. The van der Waals surface area contributed by atoms with E-state index in [0.717, 1.165) is 43.3 Å². The van der Waals surface area contributed by atoms with Crippen molar-refractivity contribution in [3.8, 4) is 5.75 Å². The number of pyridine rings is 1. The van der Waals surface area contributed by atoms with Crippen LogP contribution >= 0.6 is 0 Å². The van der Waals surface area contributed by atoms with Crippen LogP contribution in [0, 0.1) is 11.8 Å². The first-order chi connectivity index (χ1) is 9.63. The highest BCUT2D eigenvalue weighted by molar-refractivity contribution is 5.76. The molecule has 1 saturated carbocycles. The normalized spacial score (nSPS) is 23.0. The molecule has 3 rings (SSSR count). The van der Waals surface area contributed by atoms with Gasteiger partial charge in [-0.25, -0.2) is 0 Å². The van der Waals surface area contributed by atoms with Crippen LogP contribution in [0.15, 0.2) is 24.5 Å². The monoisotopic (exact) mass is 274 g/mol. The van der Waals surface area contributed by atoms with Gasteiger partial charge in [0.2, 0.25) is 0 Å². The molecule has 20 heavy (non-hydrogen) atoms. The van der Waals surface area contributed by atoms with Gasteiger partial charge < -0.3 is 14.8 Å². The largest absolute Gasteiger partial charge is 0.506 e. The highest BCUT2D eigenvalue weighted by Gasteiger charge is 2.26. The Hall–Kier alpha value is -2.04. The number of hydrogen-bond acceptors (Lipinski definition) is 3. The molecule has 1 fully saturated rings. The van der Waals surface area contributed by atoms with Gasteiger partial charge in [0, 0.05) is 18.8 Å². The second-order valence-corrected chi connectivity index (χ2v) is 5.62. The summed E-state index contributed by atoms with van der Waals surface area (Å²) in [4.78, 5) is 15.1. The van der Waals surface area contributed by atoms with Crippen molar-refractivity contribution in [3.63, 3.8) is 0 Å². The zero-order valence-corrected chi connectivity index (χ0v) is 11.2. The lowest BCUT2D eigenvalue weighted by Gasteiger charge is -2.26. The van der Waals surface area contributed by atoms with Crippen LogP contribution in [0.3, 0.4) is 0 Å². The van der Waals surface area contributed by atoms with Crippen molar-refractivity contribution < 1.29 is 15.0 Å². The van der Waals surface area contributed by atoms with Gasteiger partial charge in [-0.3, -0.25) is 9.78 Å². The summed E-state index contributed by atoms with van der Waals surface area (Å²) in [7, 11) is 0. The van der Waals surface area contributed by atoms with Gasteiger partial charge >= 0.3 is 5.97 Å². The molecule has 0 bridgehead atoms. The van der Waals surface area contributed by atoms with E-state index in [2.05, 4.69) is 9.55 Å². The number of aliphatic carboxylic acids is 1. The Kier molecular flexibility index (Phi) is 3.34. The van der Waals surface area contributed by atoms with Crippen LogP contribution in [-0.2, 0) is 11.3 Å². The first-order valence-electron chi connectivity index (χ1n) is 7.00. The first kappa shape index (κ1) is 13.0. The number of fused-ring (bicyclic) bond motifs is 1. The van der Waals surface area contributed by atoms with E-state index in [9.17, 15) is 9.90 Å². The summed E-state index contributed by atoms with van der Waals surface area (Å²) in [5.41, 5.74) is 1.81. The summed E-state index contributed by atoms with van der Waals surface area (Å²) < 4.78 is 2.10. The van der Waals surface area contributed by atoms with Crippen molar-refractivity contribution in [3.05, 3.63) is 24.5 Å². The summed E-state index contributed by atoms with van der Waals surface area (Å²) in [5, 5.41) is 18.5. The van der Waals surface area contributed by atoms with Crippen molar-refractivity contribution in [1.29, 1.82) is 0 Å². The molecule has 0 aliphatic heterocycles. The Morgan fingerprint density at radius 1 is 1.35 bits per heavy atom. The molecule has 2 N–H and O–H groups in total. The maximum atomic E-state index is 10.9. The number of aromatic hydroxyl groups is 1. The third-order valence-corrected chi connectivity index (χ3v) is 4.26. The van der Waals surface area contributed by atoms with Crippen LogP contribution in [0.4, 0.5) is 0 Å². The summed E-state index contributed by atoms with van der Waals surface area (Å²) in [6, 6.07) is 3.67. The zero-order chi connectivity index (χ0) is 14.1. The Morgan fingerprint density at radius 2 is 2.10 bits per heavy atom. The molecule has 5 nitrogen and oxygen atoms in total. The highest BCUT2D eigenvalue weighted by atomic mass is 16.4. The molecule has 2 aromatic heterocycles. The average Bonchev–Trinajstić information content (AvgIpc) is 2.82. The molecule has 106 valence electrons. The summed E-state index contributed by atoms with van der Waals surface area (Å²) in [5.74, 6) is -0.155. The summed E-state index contributed by atoms with van der Waals surface area (Å²) >= 11 is 0. The van der Waals surface area contributed by atoms with Crippen molar-refractivity contribution >= 4 is 17.0 Å². The van der Waals surface area contributed by atoms with Gasteiger partial charge in [0.05, 0.1) is 23.1 Å². The number of aromatic nitrogens is 2. The molecule has 1 aliphatic carbocycles. The minimum absolute atomic E-state index is 0.168. The maximum absolute atomic E-state index is 10.9. The van der Waals surface area contributed by atoms with Gasteiger partial charge in [-0.1, -0.05) is 0 Å². The fourth-order valence-electron chi connectivity index (χ4n) is 3.08. The van der Waals surface area contributed by atoms with Crippen molar-refractivity contribution in [2.45, 2.75) is 32.2 Å². The van der Waals surface area contributed by atoms with Crippen LogP contribution in [0.2, 0.25) is 0 Å². The quantitative estimate of drug-likeness (QED) is 0.902. The molecule has 2 heterocycles. The van der Waals surface area contributed by atoms with E-state index in [4.69, 9.17) is 5.11 Å². The Bertz CT molecular complexity index is 627. The van der Waals surface area contributed by atoms with Gasteiger partial charge in [-0.2, -0.15) is 0 Å². The second kappa shape index (κ2) is 5.15. The van der Waals surface area contributed by atoms with Gasteiger partial charge in [-0.05, 0) is 37.7 Å². The first-order valence-corrected chi connectivity index (χ1v) is 7.00. The molecular formula is C15H18N2O3. The fraction of sp³-hybridized carbons (Fsp3) is 0.467. The Labute approximate surface area is 116 Å². The topological polar surface area (TPSA) is 75.3 Å². The van der Waals surface area contributed by atoms with E-state index in [1.54, 1.807) is 6.07 Å². The van der Waals surface area contributed by atoms with Crippen molar-refractivity contribution in [1.82, 2.24) is 9.55 Å². The standard InChI is InChI=1S/C15H18N2O3/c18-12-7-14-13(16-8-12)5-6-17(14)9-10-1-3-11(4-2-10)15(19)20/h5-8,10-11,18H,1-4,9H2,(H,19,20). The van der Waals surface area contributed by atoms with E-state index >= 15 is 0 Å². The third kappa shape index (κ3) is 2.48. The van der Waals surface area contributed by atoms with Crippen LogP contribution in [0.1, 0.15) is 25.7 Å². The molecule has 2 aromatic rings. The number of rotatable bonds is 3. The molecular weight excluding hydrogens is 256 g/mol. The SMILES string of the molecule is O=C(O)C1CCC(Cn2ccc3ncc(O)cc32)CC1. The van der Waals surface area contributed by atoms with Crippen LogP contribution in [0.25, 0.3) is 11.0 Å². The lowest BCUT2D eigenvalue weighted by atomic mass is 9.82. The Morgan fingerprint density at radius 3 is 2.80 bits per heavy atom. The van der Waals surface area contributed by atoms with E-state index in [1.807, 2.05) is 12.3 Å². The molecule has 0 atom stereocenters. The minimum Gasteiger partial charge on any atom is -0.506 e. The number of carboxylic acid groups (broad SMARTS) is 1. The molecule has 0 spiro atoms.